The largest absolute Gasteiger partial charge is 0.465 e. The highest BCUT2D eigenvalue weighted by atomic mass is 19.4. The average molecular weight is 552 g/mol. The lowest BCUT2D eigenvalue weighted by Crippen LogP contribution is -2.34. The Kier molecular flexibility index (Phi) is 9.21. The summed E-state index contributed by atoms with van der Waals surface area (Å²) < 4.78 is 44.0. The molecule has 0 aliphatic rings. The number of alkyl halides is 3. The van der Waals surface area contributed by atoms with Crippen molar-refractivity contribution in [3.8, 4) is 17.0 Å². The average Bonchev–Trinajstić information content (AvgIpc) is 2.96. The minimum atomic E-state index is -4.53. The number of nitrogens with one attached hydrogen (secondary N) is 1. The number of nitrogens with zero attached hydrogens (tertiary/aromatic N) is 4. The maximum Gasteiger partial charge on any atom is 0.422 e. The summed E-state index contributed by atoms with van der Waals surface area (Å²) in [4.78, 5) is 25.8. The molecule has 0 aliphatic heterocycles. The van der Waals surface area contributed by atoms with Crippen LogP contribution in [-0.2, 0) is 0 Å². The Bertz CT molecular complexity index is 1430. The van der Waals surface area contributed by atoms with Crippen LogP contribution >= 0.6 is 0 Å². The second kappa shape index (κ2) is 12.8. The molecule has 1 amide bonds. The molecule has 0 saturated carbocycles. The first-order valence-electron chi connectivity index (χ1n) is 13.1. The third-order valence-electron chi connectivity index (χ3n) is 6.51. The molecule has 4 rings (SSSR count). The monoisotopic (exact) mass is 551 g/mol. The van der Waals surface area contributed by atoms with Gasteiger partial charge >= 0.3 is 6.18 Å². The molecular formula is C30H32F3N5O2. The van der Waals surface area contributed by atoms with Crippen molar-refractivity contribution in [3.63, 3.8) is 0 Å². The van der Waals surface area contributed by atoms with E-state index in [9.17, 15) is 18.0 Å². The third-order valence-corrected chi connectivity index (χ3v) is 6.51. The van der Waals surface area contributed by atoms with Crippen molar-refractivity contribution < 1.29 is 22.7 Å². The molecule has 1 aromatic heterocycles. The van der Waals surface area contributed by atoms with Gasteiger partial charge in [0.2, 0.25) is 0 Å². The lowest BCUT2D eigenvalue weighted by molar-refractivity contribution is -0.154. The van der Waals surface area contributed by atoms with Crippen molar-refractivity contribution in [2.45, 2.75) is 20.0 Å². The number of likely N-dealkylation sites (N-methyl/N-ethyl adjacent to an activating group) is 2. The number of anilines is 2. The van der Waals surface area contributed by atoms with Gasteiger partial charge in [-0.3, -0.25) is 4.79 Å². The summed E-state index contributed by atoms with van der Waals surface area (Å²) in [7, 11) is 1.75. The molecule has 1 heterocycles. The van der Waals surface area contributed by atoms with E-state index in [0.717, 1.165) is 24.2 Å². The van der Waals surface area contributed by atoms with E-state index >= 15 is 0 Å². The second-order valence-electron chi connectivity index (χ2n) is 9.31. The van der Waals surface area contributed by atoms with Crippen molar-refractivity contribution in [3.05, 3.63) is 78.4 Å². The summed E-state index contributed by atoms with van der Waals surface area (Å²) >= 11 is 0. The number of halogens is 3. The lowest BCUT2D eigenvalue weighted by atomic mass is 10.0. The van der Waals surface area contributed by atoms with Gasteiger partial charge in [-0.1, -0.05) is 56.3 Å². The molecule has 7 nitrogen and oxygen atoms in total. The number of hydrogen-bond donors (Lipinski definition) is 1. The van der Waals surface area contributed by atoms with E-state index in [1.165, 1.54) is 0 Å². The maximum absolute atomic E-state index is 13.0. The van der Waals surface area contributed by atoms with Crippen LogP contribution < -0.4 is 15.0 Å². The summed E-state index contributed by atoms with van der Waals surface area (Å²) in [5, 5.41) is 2.82. The van der Waals surface area contributed by atoms with E-state index in [1.807, 2.05) is 56.3 Å². The van der Waals surface area contributed by atoms with Gasteiger partial charge in [-0.05, 0) is 54.5 Å². The molecule has 210 valence electrons. The van der Waals surface area contributed by atoms with Crippen LogP contribution in [0.3, 0.4) is 0 Å². The number of fused-ring (bicyclic) bond motifs is 1. The Morgan fingerprint density at radius 1 is 0.875 bits per heavy atom. The van der Waals surface area contributed by atoms with Crippen LogP contribution in [0.15, 0.2) is 72.8 Å². The van der Waals surface area contributed by atoms with Crippen molar-refractivity contribution in [2.75, 3.05) is 50.1 Å². The zero-order valence-electron chi connectivity index (χ0n) is 22.7. The van der Waals surface area contributed by atoms with E-state index in [0.29, 0.717) is 35.4 Å². The van der Waals surface area contributed by atoms with Crippen molar-refractivity contribution in [2.24, 2.45) is 0 Å². The summed E-state index contributed by atoms with van der Waals surface area (Å²) in [6.45, 7) is 5.56. The SMILES string of the molecule is CCN(CC)CCN(C)c1nc2ccc(NC(=O)c3ccc(-c4ccccc4)cc3)cc2nc1OCC(F)(F)F. The van der Waals surface area contributed by atoms with Gasteiger partial charge in [0.25, 0.3) is 11.8 Å². The van der Waals surface area contributed by atoms with E-state index in [4.69, 9.17) is 4.74 Å². The van der Waals surface area contributed by atoms with Crippen LogP contribution in [0, 0.1) is 0 Å². The molecular weight excluding hydrogens is 519 g/mol. The topological polar surface area (TPSA) is 70.6 Å². The van der Waals surface area contributed by atoms with Crippen LogP contribution in [-0.4, -0.2) is 66.8 Å². The zero-order chi connectivity index (χ0) is 28.7. The van der Waals surface area contributed by atoms with Crippen LogP contribution in [0.25, 0.3) is 22.2 Å². The normalized spacial score (nSPS) is 11.6. The zero-order valence-corrected chi connectivity index (χ0v) is 22.7. The van der Waals surface area contributed by atoms with E-state index < -0.39 is 12.8 Å². The van der Waals surface area contributed by atoms with Gasteiger partial charge in [-0.15, -0.1) is 0 Å². The number of rotatable bonds is 11. The molecule has 0 bridgehead atoms. The molecule has 0 atom stereocenters. The highest BCUT2D eigenvalue weighted by molar-refractivity contribution is 6.05. The number of hydrogen-bond acceptors (Lipinski definition) is 6. The molecule has 0 radical (unpaired) electrons. The van der Waals surface area contributed by atoms with Gasteiger partial charge in [0.15, 0.2) is 12.4 Å². The highest BCUT2D eigenvalue weighted by Gasteiger charge is 2.30. The first kappa shape index (κ1) is 28.8. The maximum atomic E-state index is 13.0. The van der Waals surface area contributed by atoms with E-state index in [2.05, 4.69) is 20.2 Å². The van der Waals surface area contributed by atoms with Gasteiger partial charge < -0.3 is 19.9 Å². The molecule has 0 unspecified atom stereocenters. The summed E-state index contributed by atoms with van der Waals surface area (Å²) in [5.41, 5.74) is 3.70. The Labute approximate surface area is 231 Å². The molecule has 3 aromatic carbocycles. The Morgan fingerprint density at radius 2 is 1.55 bits per heavy atom. The Hall–Kier alpha value is -4.18. The third kappa shape index (κ3) is 7.47. The summed E-state index contributed by atoms with van der Waals surface area (Å²) in [5.74, 6) is -0.320. The number of carbonyl (C=O) groups is 1. The quantitative estimate of drug-likeness (QED) is 0.237. The van der Waals surface area contributed by atoms with Crippen LogP contribution in [0.5, 0.6) is 5.88 Å². The number of benzene rings is 3. The molecule has 40 heavy (non-hydrogen) atoms. The molecule has 0 fully saturated rings. The molecule has 10 heteroatoms. The van der Waals surface area contributed by atoms with Gasteiger partial charge in [0, 0.05) is 31.4 Å². The van der Waals surface area contributed by atoms with Gasteiger partial charge in [-0.25, -0.2) is 9.97 Å². The second-order valence-corrected chi connectivity index (χ2v) is 9.31. The predicted octanol–water partition coefficient (Wildman–Crippen LogP) is 6.27. The Morgan fingerprint density at radius 3 is 2.20 bits per heavy atom. The fourth-order valence-corrected chi connectivity index (χ4v) is 4.19. The Balaban J connectivity index is 1.55. The van der Waals surface area contributed by atoms with Crippen molar-refractivity contribution in [1.82, 2.24) is 14.9 Å². The summed E-state index contributed by atoms with van der Waals surface area (Å²) in [6, 6.07) is 22.0. The summed E-state index contributed by atoms with van der Waals surface area (Å²) in [6.07, 6.45) is -4.53. The molecule has 0 saturated heterocycles. The first-order chi connectivity index (χ1) is 19.2. The first-order valence-corrected chi connectivity index (χ1v) is 13.1. The molecule has 0 aliphatic carbocycles. The molecule has 1 N–H and O–H groups in total. The van der Waals surface area contributed by atoms with Gasteiger partial charge in [0.1, 0.15) is 0 Å². The van der Waals surface area contributed by atoms with Crippen LogP contribution in [0.2, 0.25) is 0 Å². The lowest BCUT2D eigenvalue weighted by Gasteiger charge is -2.25. The fourth-order valence-electron chi connectivity index (χ4n) is 4.19. The van der Waals surface area contributed by atoms with Crippen LogP contribution in [0.1, 0.15) is 24.2 Å². The molecule has 4 aromatic rings. The number of carbonyl (C=O) groups excluding carboxylic acids is 1. The number of amides is 1. The highest BCUT2D eigenvalue weighted by Crippen LogP contribution is 2.29. The predicted molar refractivity (Wildman–Crippen MR) is 152 cm³/mol. The van der Waals surface area contributed by atoms with Crippen molar-refractivity contribution >= 4 is 28.4 Å². The van der Waals surface area contributed by atoms with Crippen molar-refractivity contribution in [1.29, 1.82) is 0 Å². The minimum absolute atomic E-state index is 0.216. The van der Waals surface area contributed by atoms with Gasteiger partial charge in [-0.2, -0.15) is 13.2 Å². The minimum Gasteiger partial charge on any atom is -0.465 e. The molecule has 0 spiro atoms. The van der Waals surface area contributed by atoms with Crippen LogP contribution in [0.4, 0.5) is 24.7 Å². The standard InChI is InChI=1S/C30H32F3N5O2/c1-4-38(5-2)18-17-37(3)27-29(40-20-30(31,32)33)36-26-19-24(15-16-25(26)35-27)34-28(39)23-13-11-22(12-14-23)21-9-7-6-8-10-21/h6-16,19H,4-5,17-18,20H2,1-3H3,(H,34,39). The number of ether oxygens (including phenoxy) is 1. The van der Waals surface area contributed by atoms with Gasteiger partial charge in [0.05, 0.1) is 11.0 Å². The number of aromatic nitrogens is 2. The smallest absolute Gasteiger partial charge is 0.422 e. The van der Waals surface area contributed by atoms with E-state index in [-0.39, 0.29) is 17.6 Å². The van der Waals surface area contributed by atoms with E-state index in [1.54, 1.807) is 42.3 Å². The fraction of sp³-hybridized carbons (Fsp3) is 0.300.